The molecule has 0 unspecified atom stereocenters. The van der Waals surface area contributed by atoms with Gasteiger partial charge in [0.15, 0.2) is 0 Å². The Labute approximate surface area is 83.2 Å². The fourth-order valence-electron chi connectivity index (χ4n) is 1.03. The highest BCUT2D eigenvalue weighted by Gasteiger charge is 2.00. The topological polar surface area (TPSA) is 18.5 Å². The lowest BCUT2D eigenvalue weighted by atomic mass is 10.3. The Kier molecular flexibility index (Phi) is 3.96. The van der Waals surface area contributed by atoms with E-state index in [2.05, 4.69) is 0 Å². The molecule has 0 aliphatic rings. The van der Waals surface area contributed by atoms with Crippen molar-refractivity contribution in [2.75, 3.05) is 20.0 Å². The molecule has 1 rings (SSSR count). The number of hydrogen-bond donors (Lipinski definition) is 0. The Hall–Kier alpha value is -0.830. The number of methoxy groups -OCH3 is 1. The Morgan fingerprint density at radius 2 is 1.92 bits per heavy atom. The van der Waals surface area contributed by atoms with E-state index in [4.69, 9.17) is 9.47 Å². The molecule has 72 valence electrons. The van der Waals surface area contributed by atoms with Crippen LogP contribution in [0.3, 0.4) is 0 Å². The molecule has 0 atom stereocenters. The van der Waals surface area contributed by atoms with Crippen LogP contribution in [0.25, 0.3) is 0 Å². The van der Waals surface area contributed by atoms with Gasteiger partial charge in [-0.15, -0.1) is 11.8 Å². The predicted octanol–water partition coefficient (Wildman–Crippen LogP) is 2.82. The van der Waals surface area contributed by atoms with Gasteiger partial charge in [0.2, 0.25) is 0 Å². The van der Waals surface area contributed by atoms with Crippen molar-refractivity contribution in [3.05, 3.63) is 18.2 Å². The van der Waals surface area contributed by atoms with E-state index in [1.54, 1.807) is 18.9 Å². The fraction of sp³-hybridized carbons (Fsp3) is 0.400. The van der Waals surface area contributed by atoms with Crippen molar-refractivity contribution in [2.24, 2.45) is 0 Å². The zero-order valence-electron chi connectivity index (χ0n) is 8.16. The maximum absolute atomic E-state index is 5.40. The summed E-state index contributed by atoms with van der Waals surface area (Å²) in [6.07, 6.45) is 2.03. The molecule has 0 saturated heterocycles. The van der Waals surface area contributed by atoms with Crippen molar-refractivity contribution in [1.82, 2.24) is 0 Å². The van der Waals surface area contributed by atoms with Gasteiger partial charge in [0, 0.05) is 11.0 Å². The van der Waals surface area contributed by atoms with E-state index in [0.717, 1.165) is 16.4 Å². The first-order valence-electron chi connectivity index (χ1n) is 4.16. The minimum Gasteiger partial charge on any atom is -0.497 e. The second kappa shape index (κ2) is 5.02. The van der Waals surface area contributed by atoms with Crippen LogP contribution < -0.4 is 9.47 Å². The van der Waals surface area contributed by atoms with Gasteiger partial charge in [-0.3, -0.25) is 0 Å². The molecular weight excluding hydrogens is 184 g/mol. The summed E-state index contributed by atoms with van der Waals surface area (Å²) < 4.78 is 10.5. The molecule has 0 aliphatic carbocycles. The zero-order chi connectivity index (χ0) is 9.68. The Bertz CT molecular complexity index is 251. The zero-order valence-corrected chi connectivity index (χ0v) is 8.98. The van der Waals surface area contributed by atoms with Gasteiger partial charge in [0.25, 0.3) is 0 Å². The molecule has 0 aromatic heterocycles. The molecule has 0 amide bonds. The lowest BCUT2D eigenvalue weighted by Crippen LogP contribution is -1.92. The summed E-state index contributed by atoms with van der Waals surface area (Å²) in [5.41, 5.74) is 0. The van der Waals surface area contributed by atoms with E-state index in [-0.39, 0.29) is 0 Å². The highest BCUT2D eigenvalue weighted by molar-refractivity contribution is 7.98. The molecule has 0 aliphatic heterocycles. The molecule has 0 radical (unpaired) electrons. The van der Waals surface area contributed by atoms with E-state index >= 15 is 0 Å². The summed E-state index contributed by atoms with van der Waals surface area (Å²) in [5, 5.41) is 0. The van der Waals surface area contributed by atoms with Gasteiger partial charge in [-0.2, -0.15) is 0 Å². The Morgan fingerprint density at radius 1 is 1.23 bits per heavy atom. The predicted molar refractivity (Wildman–Crippen MR) is 55.9 cm³/mol. The third-order valence-corrected chi connectivity index (χ3v) is 2.34. The van der Waals surface area contributed by atoms with E-state index in [0.29, 0.717) is 6.61 Å². The molecule has 3 heteroatoms. The summed E-state index contributed by atoms with van der Waals surface area (Å²) in [4.78, 5) is 1.16. The molecule has 0 saturated carbocycles. The van der Waals surface area contributed by atoms with Crippen LogP contribution in [0.4, 0.5) is 0 Å². The van der Waals surface area contributed by atoms with Gasteiger partial charge < -0.3 is 9.47 Å². The third-order valence-electron chi connectivity index (χ3n) is 1.64. The van der Waals surface area contributed by atoms with Crippen LogP contribution in [0.15, 0.2) is 23.1 Å². The van der Waals surface area contributed by atoms with Gasteiger partial charge in [0.05, 0.1) is 13.7 Å². The maximum atomic E-state index is 5.40. The van der Waals surface area contributed by atoms with Gasteiger partial charge in [-0.25, -0.2) is 0 Å². The number of rotatable bonds is 4. The Balaban J connectivity index is 2.93. The molecule has 13 heavy (non-hydrogen) atoms. The van der Waals surface area contributed by atoms with Gasteiger partial charge in [-0.05, 0) is 25.3 Å². The van der Waals surface area contributed by atoms with E-state index in [9.17, 15) is 0 Å². The largest absolute Gasteiger partial charge is 0.497 e. The van der Waals surface area contributed by atoms with Gasteiger partial charge in [-0.1, -0.05) is 0 Å². The van der Waals surface area contributed by atoms with Crippen LogP contribution in [0, 0.1) is 0 Å². The number of benzene rings is 1. The Morgan fingerprint density at radius 3 is 2.46 bits per heavy atom. The smallest absolute Gasteiger partial charge is 0.124 e. The fourth-order valence-corrected chi connectivity index (χ4v) is 1.50. The quantitative estimate of drug-likeness (QED) is 0.693. The maximum Gasteiger partial charge on any atom is 0.124 e. The molecule has 1 aromatic carbocycles. The van der Waals surface area contributed by atoms with Crippen LogP contribution >= 0.6 is 11.8 Å². The molecule has 0 bridgehead atoms. The number of hydrogen-bond acceptors (Lipinski definition) is 3. The SMILES string of the molecule is CCOc1cc(OC)cc(SC)c1. The average Bonchev–Trinajstić information content (AvgIpc) is 2.17. The lowest BCUT2D eigenvalue weighted by Gasteiger charge is -2.07. The van der Waals surface area contributed by atoms with E-state index in [1.165, 1.54) is 0 Å². The van der Waals surface area contributed by atoms with Crippen molar-refractivity contribution < 1.29 is 9.47 Å². The number of thioether (sulfide) groups is 1. The third kappa shape index (κ3) is 2.84. The lowest BCUT2D eigenvalue weighted by molar-refractivity contribution is 0.335. The standard InChI is InChI=1S/C10H14O2S/c1-4-12-9-5-8(11-2)6-10(7-9)13-3/h5-7H,4H2,1-3H3. The molecular formula is C10H14O2S. The van der Waals surface area contributed by atoms with Crippen molar-refractivity contribution in [3.8, 4) is 11.5 Å². The minimum absolute atomic E-state index is 0.682. The molecule has 0 heterocycles. The summed E-state index contributed by atoms with van der Waals surface area (Å²) in [6.45, 7) is 2.65. The van der Waals surface area contributed by atoms with Crippen LogP contribution in [-0.4, -0.2) is 20.0 Å². The van der Waals surface area contributed by atoms with Crippen LogP contribution in [-0.2, 0) is 0 Å². The molecule has 2 nitrogen and oxygen atoms in total. The van der Waals surface area contributed by atoms with Gasteiger partial charge >= 0.3 is 0 Å². The van der Waals surface area contributed by atoms with Crippen molar-refractivity contribution in [2.45, 2.75) is 11.8 Å². The van der Waals surface area contributed by atoms with Crippen LogP contribution in [0.2, 0.25) is 0 Å². The minimum atomic E-state index is 0.682. The summed E-state index contributed by atoms with van der Waals surface area (Å²) >= 11 is 1.68. The van der Waals surface area contributed by atoms with Crippen LogP contribution in [0.1, 0.15) is 6.92 Å². The van der Waals surface area contributed by atoms with E-state index in [1.807, 2.05) is 31.4 Å². The van der Waals surface area contributed by atoms with Crippen molar-refractivity contribution >= 4 is 11.8 Å². The average molecular weight is 198 g/mol. The van der Waals surface area contributed by atoms with Crippen LogP contribution in [0.5, 0.6) is 11.5 Å². The molecule has 0 spiro atoms. The highest BCUT2D eigenvalue weighted by atomic mass is 32.2. The summed E-state index contributed by atoms with van der Waals surface area (Å²) in [6, 6.07) is 5.90. The molecule has 1 aromatic rings. The van der Waals surface area contributed by atoms with Crippen molar-refractivity contribution in [1.29, 1.82) is 0 Å². The monoisotopic (exact) mass is 198 g/mol. The second-order valence-electron chi connectivity index (χ2n) is 2.48. The number of ether oxygens (including phenoxy) is 2. The molecule has 0 N–H and O–H groups in total. The normalized spacial score (nSPS) is 9.77. The van der Waals surface area contributed by atoms with Crippen molar-refractivity contribution in [3.63, 3.8) is 0 Å². The highest BCUT2D eigenvalue weighted by Crippen LogP contribution is 2.27. The summed E-state index contributed by atoms with van der Waals surface area (Å²) in [5.74, 6) is 1.71. The van der Waals surface area contributed by atoms with E-state index < -0.39 is 0 Å². The first-order chi connectivity index (χ1) is 6.30. The van der Waals surface area contributed by atoms with Gasteiger partial charge in [0.1, 0.15) is 11.5 Å². The summed E-state index contributed by atoms with van der Waals surface area (Å²) in [7, 11) is 1.66. The second-order valence-corrected chi connectivity index (χ2v) is 3.36. The molecule has 0 fully saturated rings. The first kappa shape index (κ1) is 10.3. The first-order valence-corrected chi connectivity index (χ1v) is 5.38.